The summed E-state index contributed by atoms with van der Waals surface area (Å²) in [7, 11) is -2.28. The van der Waals surface area contributed by atoms with Gasteiger partial charge < -0.3 is 4.57 Å². The summed E-state index contributed by atoms with van der Waals surface area (Å²) in [6.45, 7) is 7.52. The highest BCUT2D eigenvalue weighted by Crippen LogP contribution is 2.30. The normalized spacial score (nSPS) is 14.3. The largest absolute Gasteiger partial charge is 0.389 e. The number of hydrogen-bond donors (Lipinski definition) is 0. The van der Waals surface area contributed by atoms with E-state index in [1.165, 1.54) is 31.5 Å². The quantitative estimate of drug-likeness (QED) is 0.604. The van der Waals surface area contributed by atoms with Crippen LogP contribution >= 0.6 is 0 Å². The lowest BCUT2D eigenvalue weighted by atomic mass is 9.95. The van der Waals surface area contributed by atoms with Crippen molar-refractivity contribution in [2.24, 2.45) is 4.99 Å². The lowest BCUT2D eigenvalue weighted by Crippen LogP contribution is -2.20. The average molecular weight is 430 g/mol. The summed E-state index contributed by atoms with van der Waals surface area (Å²) in [6.07, 6.45) is -2.44. The lowest BCUT2D eigenvalue weighted by Gasteiger charge is -2.20. The van der Waals surface area contributed by atoms with Crippen LogP contribution in [-0.2, 0) is 21.8 Å². The van der Waals surface area contributed by atoms with Crippen LogP contribution in [0.15, 0.2) is 39.1 Å². The van der Waals surface area contributed by atoms with E-state index in [1.807, 2.05) is 20.8 Å². The molecule has 9 heteroatoms. The molecule has 0 N–H and O–H groups in total. The molecule has 0 aliphatic heterocycles. The summed E-state index contributed by atoms with van der Waals surface area (Å²) >= 11 is 0. The molecule has 0 aliphatic carbocycles. The molecule has 0 saturated heterocycles. The molecule has 1 heterocycles. The minimum absolute atomic E-state index is 0.0680. The van der Waals surface area contributed by atoms with Gasteiger partial charge in [-0.25, -0.2) is 13.4 Å². The number of aromatic nitrogens is 2. The van der Waals surface area contributed by atoms with E-state index in [2.05, 4.69) is 9.98 Å². The number of imidazole rings is 1. The molecule has 0 saturated carbocycles. The first-order chi connectivity index (χ1) is 13.3. The Morgan fingerprint density at radius 3 is 2.41 bits per heavy atom. The van der Waals surface area contributed by atoms with Gasteiger partial charge >= 0.3 is 6.18 Å². The van der Waals surface area contributed by atoms with Crippen molar-refractivity contribution in [2.45, 2.75) is 63.6 Å². The van der Waals surface area contributed by atoms with Gasteiger partial charge in [-0.1, -0.05) is 26.8 Å². The molecular weight excluding hydrogens is 403 g/mol. The second-order valence-electron chi connectivity index (χ2n) is 7.79. The summed E-state index contributed by atoms with van der Waals surface area (Å²) in [5, 5.41) is 0. The number of alkyl halides is 3. The van der Waals surface area contributed by atoms with Crippen LogP contribution in [0.5, 0.6) is 0 Å². The zero-order valence-corrected chi connectivity index (χ0v) is 18.0. The second kappa shape index (κ2) is 8.30. The third kappa shape index (κ3) is 5.26. The number of hydrogen-bond acceptors (Lipinski definition) is 4. The third-order valence-corrected chi connectivity index (χ3v) is 6.23. The van der Waals surface area contributed by atoms with E-state index >= 15 is 0 Å². The van der Waals surface area contributed by atoms with Gasteiger partial charge in [0.2, 0.25) is 9.84 Å². The summed E-state index contributed by atoms with van der Waals surface area (Å²) in [4.78, 5) is 8.49. The Bertz CT molecular complexity index is 1040. The molecule has 1 aromatic carbocycles. The highest BCUT2D eigenvalue weighted by Gasteiger charge is 2.28. The van der Waals surface area contributed by atoms with Gasteiger partial charge in [0, 0.05) is 31.6 Å². The SMILES string of the molecule is C/C=C(\C=NC)S(=O)(=O)c1ccc2c(c1)nc(C(C)(C)C)n2CCCC(F)(F)F. The molecule has 0 unspecified atom stereocenters. The Morgan fingerprint density at radius 2 is 1.90 bits per heavy atom. The fourth-order valence-corrected chi connectivity index (χ4v) is 4.42. The predicted molar refractivity (Wildman–Crippen MR) is 109 cm³/mol. The molecule has 0 radical (unpaired) electrons. The van der Waals surface area contributed by atoms with Gasteiger partial charge in [-0.3, -0.25) is 4.99 Å². The first-order valence-corrected chi connectivity index (χ1v) is 10.7. The van der Waals surface area contributed by atoms with E-state index in [9.17, 15) is 21.6 Å². The smallest absolute Gasteiger partial charge is 0.328 e. The minimum Gasteiger partial charge on any atom is -0.328 e. The molecule has 2 aromatic rings. The van der Waals surface area contributed by atoms with Crippen LogP contribution in [0.3, 0.4) is 0 Å². The molecule has 0 atom stereocenters. The Balaban J connectivity index is 2.56. The van der Waals surface area contributed by atoms with Crippen LogP contribution in [0.25, 0.3) is 11.0 Å². The van der Waals surface area contributed by atoms with Gasteiger partial charge in [0.25, 0.3) is 0 Å². The molecule has 29 heavy (non-hydrogen) atoms. The van der Waals surface area contributed by atoms with Crippen molar-refractivity contribution in [3.05, 3.63) is 35.0 Å². The monoisotopic (exact) mass is 429 g/mol. The minimum atomic E-state index is -4.22. The van der Waals surface area contributed by atoms with Crippen molar-refractivity contribution in [3.63, 3.8) is 0 Å². The van der Waals surface area contributed by atoms with E-state index in [-0.39, 0.29) is 22.8 Å². The fourth-order valence-electron chi connectivity index (χ4n) is 3.08. The van der Waals surface area contributed by atoms with Crippen LogP contribution < -0.4 is 0 Å². The topological polar surface area (TPSA) is 64.3 Å². The molecule has 0 aliphatic rings. The van der Waals surface area contributed by atoms with E-state index in [0.717, 1.165) is 0 Å². The van der Waals surface area contributed by atoms with Gasteiger partial charge in [0.15, 0.2) is 0 Å². The molecule has 0 fully saturated rings. The second-order valence-corrected chi connectivity index (χ2v) is 9.74. The number of aliphatic imine (C=N–C) groups is 1. The first-order valence-electron chi connectivity index (χ1n) is 9.22. The maximum atomic E-state index is 12.8. The van der Waals surface area contributed by atoms with Crippen LogP contribution in [-0.4, -0.2) is 37.4 Å². The Labute approximate surface area is 169 Å². The van der Waals surface area contributed by atoms with Crippen LogP contribution in [0.2, 0.25) is 0 Å². The molecule has 5 nitrogen and oxygen atoms in total. The molecule has 0 bridgehead atoms. The molecule has 160 valence electrons. The first kappa shape index (κ1) is 23.1. The molecule has 0 spiro atoms. The maximum Gasteiger partial charge on any atom is 0.389 e. The number of rotatable bonds is 6. The van der Waals surface area contributed by atoms with Crippen molar-refractivity contribution < 1.29 is 21.6 Å². The number of aryl methyl sites for hydroxylation is 1. The van der Waals surface area contributed by atoms with Crippen LogP contribution in [0, 0.1) is 0 Å². The average Bonchev–Trinajstić information content (AvgIpc) is 2.96. The molecular formula is C20H26F3N3O2S. The van der Waals surface area contributed by atoms with E-state index in [4.69, 9.17) is 0 Å². The summed E-state index contributed by atoms with van der Waals surface area (Å²) in [5.74, 6) is 0.616. The lowest BCUT2D eigenvalue weighted by molar-refractivity contribution is -0.135. The summed E-state index contributed by atoms with van der Waals surface area (Å²) in [5.41, 5.74) is 0.633. The summed E-state index contributed by atoms with van der Waals surface area (Å²) in [6, 6.07) is 4.53. The van der Waals surface area contributed by atoms with E-state index in [0.29, 0.717) is 16.9 Å². The zero-order valence-electron chi connectivity index (χ0n) is 17.2. The predicted octanol–water partition coefficient (Wildman–Crippen LogP) is 5.05. The van der Waals surface area contributed by atoms with Crippen molar-refractivity contribution in [1.29, 1.82) is 0 Å². The third-order valence-electron chi connectivity index (χ3n) is 4.39. The molecule has 0 amide bonds. The highest BCUT2D eigenvalue weighted by molar-refractivity contribution is 7.96. The van der Waals surface area contributed by atoms with Crippen molar-refractivity contribution in [2.75, 3.05) is 7.05 Å². The molecule has 2 rings (SSSR count). The highest BCUT2D eigenvalue weighted by atomic mass is 32.2. The van der Waals surface area contributed by atoms with Gasteiger partial charge in [-0.2, -0.15) is 13.2 Å². The van der Waals surface area contributed by atoms with Gasteiger partial charge in [0.05, 0.1) is 20.8 Å². The van der Waals surface area contributed by atoms with Gasteiger partial charge in [-0.05, 0) is 31.5 Å². The van der Waals surface area contributed by atoms with Crippen molar-refractivity contribution in [3.8, 4) is 0 Å². The van der Waals surface area contributed by atoms with Crippen LogP contribution in [0.4, 0.5) is 13.2 Å². The van der Waals surface area contributed by atoms with Crippen molar-refractivity contribution in [1.82, 2.24) is 9.55 Å². The standard InChI is InChI=1S/C20H26F3N3O2S/c1-6-14(13-24-5)29(27,28)15-8-9-17-16(12-15)25-18(19(2,3)4)26(17)11-7-10-20(21,22)23/h6,8-9,12-13H,7,10-11H2,1-5H3/b14-6+,24-13?. The zero-order chi connectivity index (χ0) is 22.0. The number of benzene rings is 1. The Hall–Kier alpha value is -2.16. The number of halogens is 3. The summed E-state index contributed by atoms with van der Waals surface area (Å²) < 4.78 is 65.2. The maximum absolute atomic E-state index is 12.8. The number of fused-ring (bicyclic) bond motifs is 1. The molecule has 1 aromatic heterocycles. The van der Waals surface area contributed by atoms with Gasteiger partial charge in [-0.15, -0.1) is 0 Å². The van der Waals surface area contributed by atoms with E-state index in [1.54, 1.807) is 17.6 Å². The number of nitrogens with zero attached hydrogens (tertiary/aromatic N) is 3. The van der Waals surface area contributed by atoms with Crippen molar-refractivity contribution >= 4 is 27.1 Å². The van der Waals surface area contributed by atoms with Gasteiger partial charge in [0.1, 0.15) is 5.82 Å². The fraction of sp³-hybridized carbons (Fsp3) is 0.500. The number of allylic oxidation sites excluding steroid dienone is 2. The van der Waals surface area contributed by atoms with E-state index < -0.39 is 27.8 Å². The Morgan fingerprint density at radius 1 is 1.24 bits per heavy atom. The van der Waals surface area contributed by atoms with Crippen LogP contribution in [0.1, 0.15) is 46.4 Å². The Kier molecular flexibility index (Phi) is 6.61. The number of sulfone groups is 1.